The van der Waals surface area contributed by atoms with Crippen molar-refractivity contribution in [3.63, 3.8) is 0 Å². The average Bonchev–Trinajstić information content (AvgIpc) is 2.97. The highest BCUT2D eigenvalue weighted by Crippen LogP contribution is 2.32. The molecule has 1 fully saturated rings. The van der Waals surface area contributed by atoms with Crippen molar-refractivity contribution in [1.29, 1.82) is 0 Å². The van der Waals surface area contributed by atoms with Crippen LogP contribution < -0.4 is 0 Å². The van der Waals surface area contributed by atoms with Crippen LogP contribution >= 0.6 is 0 Å². The molecule has 1 aromatic heterocycles. The van der Waals surface area contributed by atoms with E-state index in [2.05, 4.69) is 0 Å². The van der Waals surface area contributed by atoms with Gasteiger partial charge in [0.15, 0.2) is 0 Å². The van der Waals surface area contributed by atoms with Crippen molar-refractivity contribution >= 4 is 5.97 Å². The molecule has 0 spiro atoms. The van der Waals surface area contributed by atoms with E-state index in [1.165, 1.54) is 18.9 Å². The van der Waals surface area contributed by atoms with Crippen molar-refractivity contribution in [1.82, 2.24) is 0 Å². The quantitative estimate of drug-likeness (QED) is 0.754. The van der Waals surface area contributed by atoms with Crippen LogP contribution in [0.2, 0.25) is 0 Å². The second-order valence-corrected chi connectivity index (χ2v) is 4.27. The van der Waals surface area contributed by atoms with E-state index in [1.54, 1.807) is 6.92 Å². The summed E-state index contributed by atoms with van der Waals surface area (Å²) in [6.07, 6.45) is 3.75. The summed E-state index contributed by atoms with van der Waals surface area (Å²) in [5.74, 6) is 0.928. The van der Waals surface area contributed by atoms with E-state index in [-0.39, 0.29) is 5.56 Å². The monoisotopic (exact) mass is 224 g/mol. The summed E-state index contributed by atoms with van der Waals surface area (Å²) in [5, 5.41) is 8.83. The van der Waals surface area contributed by atoms with Gasteiger partial charge >= 0.3 is 5.97 Å². The van der Waals surface area contributed by atoms with Gasteiger partial charge in [0.2, 0.25) is 0 Å². The first-order valence-corrected chi connectivity index (χ1v) is 5.57. The van der Waals surface area contributed by atoms with Crippen molar-refractivity contribution in [2.75, 3.05) is 6.61 Å². The molecule has 0 aromatic carbocycles. The Balaban J connectivity index is 1.79. The lowest BCUT2D eigenvalue weighted by Gasteiger charge is -2.00. The van der Waals surface area contributed by atoms with Crippen LogP contribution in [0.1, 0.15) is 41.1 Å². The molecule has 1 aliphatic carbocycles. The molecule has 0 atom stereocenters. The second kappa shape index (κ2) is 4.70. The van der Waals surface area contributed by atoms with Crippen LogP contribution in [-0.4, -0.2) is 17.7 Å². The SMILES string of the molecule is Cc1oc(COCCC2CC2)cc1C(=O)O. The highest BCUT2D eigenvalue weighted by Gasteiger charge is 2.20. The maximum absolute atomic E-state index is 10.8. The Morgan fingerprint density at radius 2 is 2.38 bits per heavy atom. The highest BCUT2D eigenvalue weighted by molar-refractivity contribution is 5.88. The van der Waals surface area contributed by atoms with E-state index in [1.807, 2.05) is 0 Å². The summed E-state index contributed by atoms with van der Waals surface area (Å²) in [6.45, 7) is 2.74. The molecular weight excluding hydrogens is 208 g/mol. The minimum atomic E-state index is -0.953. The first kappa shape index (κ1) is 11.2. The molecule has 0 aliphatic heterocycles. The summed E-state index contributed by atoms with van der Waals surface area (Å²) in [4.78, 5) is 10.8. The van der Waals surface area contributed by atoms with Gasteiger partial charge in [-0.2, -0.15) is 0 Å². The topological polar surface area (TPSA) is 59.7 Å². The maximum Gasteiger partial charge on any atom is 0.339 e. The number of carbonyl (C=O) groups is 1. The number of carboxylic acid groups (broad SMARTS) is 1. The number of aromatic carboxylic acids is 1. The zero-order valence-electron chi connectivity index (χ0n) is 9.36. The largest absolute Gasteiger partial charge is 0.478 e. The van der Waals surface area contributed by atoms with Crippen molar-refractivity contribution in [2.24, 2.45) is 5.92 Å². The fourth-order valence-electron chi connectivity index (χ4n) is 1.66. The van der Waals surface area contributed by atoms with E-state index >= 15 is 0 Å². The van der Waals surface area contributed by atoms with Gasteiger partial charge in [0.05, 0.1) is 0 Å². The Morgan fingerprint density at radius 3 is 2.94 bits per heavy atom. The van der Waals surface area contributed by atoms with E-state index in [0.717, 1.165) is 18.9 Å². The molecule has 2 rings (SSSR count). The first-order chi connectivity index (χ1) is 7.66. The van der Waals surface area contributed by atoms with Crippen LogP contribution in [0, 0.1) is 12.8 Å². The number of aryl methyl sites for hydroxylation is 1. The minimum Gasteiger partial charge on any atom is -0.478 e. The van der Waals surface area contributed by atoms with Gasteiger partial charge in [0.25, 0.3) is 0 Å². The molecule has 1 aliphatic rings. The molecule has 4 nitrogen and oxygen atoms in total. The molecule has 0 unspecified atom stereocenters. The molecule has 0 radical (unpaired) electrons. The van der Waals surface area contributed by atoms with Crippen LogP contribution in [0.25, 0.3) is 0 Å². The van der Waals surface area contributed by atoms with Crippen LogP contribution in [0.5, 0.6) is 0 Å². The predicted molar refractivity (Wildman–Crippen MR) is 57.4 cm³/mol. The summed E-state index contributed by atoms with van der Waals surface area (Å²) in [6, 6.07) is 1.54. The summed E-state index contributed by atoms with van der Waals surface area (Å²) in [7, 11) is 0. The minimum absolute atomic E-state index is 0.223. The smallest absolute Gasteiger partial charge is 0.339 e. The number of rotatable bonds is 6. The average molecular weight is 224 g/mol. The van der Waals surface area contributed by atoms with Gasteiger partial charge in [-0.05, 0) is 25.3 Å². The van der Waals surface area contributed by atoms with E-state index in [4.69, 9.17) is 14.3 Å². The molecular formula is C12H16O4. The molecule has 1 heterocycles. The summed E-state index contributed by atoms with van der Waals surface area (Å²) >= 11 is 0. The maximum atomic E-state index is 10.8. The first-order valence-electron chi connectivity index (χ1n) is 5.57. The lowest BCUT2D eigenvalue weighted by atomic mass is 10.2. The predicted octanol–water partition coefficient (Wildman–Crippen LogP) is 2.60. The van der Waals surface area contributed by atoms with Crippen molar-refractivity contribution in [3.8, 4) is 0 Å². The fraction of sp³-hybridized carbons (Fsp3) is 0.583. The molecule has 0 amide bonds. The van der Waals surface area contributed by atoms with Gasteiger partial charge < -0.3 is 14.3 Å². The van der Waals surface area contributed by atoms with Crippen LogP contribution in [0.15, 0.2) is 10.5 Å². The van der Waals surface area contributed by atoms with Crippen molar-refractivity contribution < 1.29 is 19.1 Å². The van der Waals surface area contributed by atoms with Gasteiger partial charge in [0.1, 0.15) is 23.7 Å². The van der Waals surface area contributed by atoms with E-state index in [0.29, 0.717) is 18.1 Å². The molecule has 16 heavy (non-hydrogen) atoms. The summed E-state index contributed by atoms with van der Waals surface area (Å²) < 4.78 is 10.7. The van der Waals surface area contributed by atoms with Gasteiger partial charge in [-0.15, -0.1) is 0 Å². The number of furan rings is 1. The Labute approximate surface area is 94.2 Å². The summed E-state index contributed by atoms with van der Waals surface area (Å²) in [5.41, 5.74) is 0.223. The van der Waals surface area contributed by atoms with Crippen molar-refractivity contribution in [3.05, 3.63) is 23.2 Å². The third-order valence-corrected chi connectivity index (χ3v) is 2.81. The Kier molecular flexibility index (Phi) is 3.29. The van der Waals surface area contributed by atoms with Gasteiger partial charge in [-0.25, -0.2) is 4.79 Å². The van der Waals surface area contributed by atoms with Crippen LogP contribution in [0.4, 0.5) is 0 Å². The molecule has 0 saturated heterocycles. The number of carboxylic acids is 1. The second-order valence-electron chi connectivity index (χ2n) is 4.27. The molecule has 4 heteroatoms. The van der Waals surface area contributed by atoms with Crippen LogP contribution in [-0.2, 0) is 11.3 Å². The zero-order chi connectivity index (χ0) is 11.5. The normalized spacial score (nSPS) is 15.3. The van der Waals surface area contributed by atoms with E-state index in [9.17, 15) is 4.79 Å². The molecule has 1 N–H and O–H groups in total. The van der Waals surface area contributed by atoms with Crippen LogP contribution in [0.3, 0.4) is 0 Å². The number of hydrogen-bond acceptors (Lipinski definition) is 3. The number of ether oxygens (including phenoxy) is 1. The third-order valence-electron chi connectivity index (χ3n) is 2.81. The van der Waals surface area contributed by atoms with Crippen molar-refractivity contribution in [2.45, 2.75) is 32.8 Å². The van der Waals surface area contributed by atoms with Gasteiger partial charge in [-0.1, -0.05) is 12.8 Å². The van der Waals surface area contributed by atoms with Gasteiger partial charge in [0, 0.05) is 6.61 Å². The standard InChI is InChI=1S/C12H16O4/c1-8-11(12(13)14)6-10(16-8)7-15-5-4-9-2-3-9/h6,9H,2-5,7H2,1H3,(H,13,14). The molecule has 1 aromatic rings. The molecule has 0 bridgehead atoms. The van der Waals surface area contributed by atoms with Gasteiger partial charge in [-0.3, -0.25) is 0 Å². The third kappa shape index (κ3) is 2.85. The Hall–Kier alpha value is -1.29. The lowest BCUT2D eigenvalue weighted by Crippen LogP contribution is -1.96. The molecule has 88 valence electrons. The number of hydrogen-bond donors (Lipinski definition) is 1. The zero-order valence-corrected chi connectivity index (χ0v) is 9.36. The Bertz CT molecular complexity index is 376. The Morgan fingerprint density at radius 1 is 1.62 bits per heavy atom. The van der Waals surface area contributed by atoms with E-state index < -0.39 is 5.97 Å². The molecule has 1 saturated carbocycles. The lowest BCUT2D eigenvalue weighted by molar-refractivity contribution is 0.0695. The highest BCUT2D eigenvalue weighted by atomic mass is 16.5. The fourth-order valence-corrected chi connectivity index (χ4v) is 1.66.